The van der Waals surface area contributed by atoms with Gasteiger partial charge in [-0.25, -0.2) is 0 Å². The van der Waals surface area contributed by atoms with Crippen molar-refractivity contribution in [1.82, 2.24) is 5.32 Å². The number of nitrogens with two attached hydrogens (primary N) is 1. The first-order chi connectivity index (χ1) is 9.19. The number of nitrogens with one attached hydrogen (secondary N) is 1. The summed E-state index contributed by atoms with van der Waals surface area (Å²) in [5, 5.41) is 3.18. The van der Waals surface area contributed by atoms with Crippen LogP contribution in [0, 0.1) is 11.8 Å². The van der Waals surface area contributed by atoms with Gasteiger partial charge in [-0.05, 0) is 13.0 Å². The van der Waals surface area contributed by atoms with Crippen molar-refractivity contribution < 1.29 is 13.5 Å². The van der Waals surface area contributed by atoms with Crippen molar-refractivity contribution in [3.63, 3.8) is 0 Å². The SMILES string of the molecule is CC#CCCNC(CN)c1ccccc1OC(F)F. The lowest BCUT2D eigenvalue weighted by Crippen LogP contribution is -2.29. The highest BCUT2D eigenvalue weighted by Crippen LogP contribution is 2.25. The molecular formula is C14H18F2N2O. The fourth-order valence-corrected chi connectivity index (χ4v) is 1.73. The molecule has 0 radical (unpaired) electrons. The van der Waals surface area contributed by atoms with Crippen LogP contribution >= 0.6 is 0 Å². The van der Waals surface area contributed by atoms with Crippen LogP contribution in [0.25, 0.3) is 0 Å². The molecule has 5 heteroatoms. The fourth-order valence-electron chi connectivity index (χ4n) is 1.73. The van der Waals surface area contributed by atoms with Crippen LogP contribution in [0.5, 0.6) is 5.75 Å². The Morgan fingerprint density at radius 1 is 1.37 bits per heavy atom. The second kappa shape index (κ2) is 8.46. The van der Waals surface area contributed by atoms with E-state index >= 15 is 0 Å². The average Bonchev–Trinajstić information content (AvgIpc) is 2.39. The molecule has 1 unspecified atom stereocenters. The highest BCUT2D eigenvalue weighted by Gasteiger charge is 2.16. The molecule has 1 aromatic carbocycles. The Hall–Kier alpha value is -1.64. The summed E-state index contributed by atoms with van der Waals surface area (Å²) in [4.78, 5) is 0. The maximum atomic E-state index is 12.3. The average molecular weight is 268 g/mol. The summed E-state index contributed by atoms with van der Waals surface area (Å²) in [7, 11) is 0. The van der Waals surface area contributed by atoms with Gasteiger partial charge >= 0.3 is 6.61 Å². The van der Waals surface area contributed by atoms with Gasteiger partial charge in [-0.2, -0.15) is 8.78 Å². The maximum absolute atomic E-state index is 12.3. The smallest absolute Gasteiger partial charge is 0.387 e. The van der Waals surface area contributed by atoms with Crippen molar-refractivity contribution in [2.24, 2.45) is 5.73 Å². The number of alkyl halides is 2. The van der Waals surface area contributed by atoms with E-state index < -0.39 is 6.61 Å². The predicted octanol–water partition coefficient (Wildman–Crippen LogP) is 2.29. The van der Waals surface area contributed by atoms with E-state index in [1.807, 2.05) is 0 Å². The molecule has 3 nitrogen and oxygen atoms in total. The van der Waals surface area contributed by atoms with Gasteiger partial charge < -0.3 is 15.8 Å². The Morgan fingerprint density at radius 3 is 2.74 bits per heavy atom. The molecule has 0 aliphatic rings. The molecular weight excluding hydrogens is 250 g/mol. The number of hydrogen-bond acceptors (Lipinski definition) is 3. The molecule has 0 fully saturated rings. The lowest BCUT2D eigenvalue weighted by molar-refractivity contribution is -0.0507. The maximum Gasteiger partial charge on any atom is 0.387 e. The van der Waals surface area contributed by atoms with E-state index in [2.05, 4.69) is 21.9 Å². The van der Waals surface area contributed by atoms with Gasteiger partial charge in [0.25, 0.3) is 0 Å². The molecule has 1 atom stereocenters. The molecule has 0 amide bonds. The van der Waals surface area contributed by atoms with Crippen LogP contribution in [0.1, 0.15) is 24.9 Å². The predicted molar refractivity (Wildman–Crippen MR) is 70.9 cm³/mol. The van der Waals surface area contributed by atoms with Gasteiger partial charge in [-0.1, -0.05) is 18.2 Å². The molecule has 0 saturated heterocycles. The minimum Gasteiger partial charge on any atom is -0.434 e. The third kappa shape index (κ3) is 5.25. The first kappa shape index (κ1) is 15.4. The zero-order chi connectivity index (χ0) is 14.1. The molecule has 0 saturated carbocycles. The van der Waals surface area contributed by atoms with E-state index in [1.54, 1.807) is 25.1 Å². The molecule has 0 aliphatic heterocycles. The highest BCUT2D eigenvalue weighted by molar-refractivity contribution is 5.36. The first-order valence-corrected chi connectivity index (χ1v) is 6.05. The third-order valence-corrected chi connectivity index (χ3v) is 2.56. The van der Waals surface area contributed by atoms with Crippen LogP contribution in [0.3, 0.4) is 0 Å². The molecule has 19 heavy (non-hydrogen) atoms. The standard InChI is InChI=1S/C14H18F2N2O/c1-2-3-6-9-18-12(10-17)11-7-4-5-8-13(11)19-14(15)16/h4-5,7-8,12,14,18H,6,9-10,17H2,1H3. The summed E-state index contributed by atoms with van der Waals surface area (Å²) in [6.07, 6.45) is 0.685. The number of halogens is 2. The second-order valence-corrected chi connectivity index (χ2v) is 3.84. The summed E-state index contributed by atoms with van der Waals surface area (Å²) < 4.78 is 29.2. The summed E-state index contributed by atoms with van der Waals surface area (Å²) in [6, 6.07) is 6.43. The van der Waals surface area contributed by atoms with Gasteiger partial charge in [0.1, 0.15) is 5.75 Å². The largest absolute Gasteiger partial charge is 0.434 e. The molecule has 104 valence electrons. The van der Waals surface area contributed by atoms with Crippen molar-refractivity contribution in [3.05, 3.63) is 29.8 Å². The zero-order valence-corrected chi connectivity index (χ0v) is 10.8. The molecule has 0 spiro atoms. The van der Waals surface area contributed by atoms with E-state index in [9.17, 15) is 8.78 Å². The topological polar surface area (TPSA) is 47.3 Å². The van der Waals surface area contributed by atoms with Crippen molar-refractivity contribution in [1.29, 1.82) is 0 Å². The van der Waals surface area contributed by atoms with Gasteiger partial charge in [-0.3, -0.25) is 0 Å². The van der Waals surface area contributed by atoms with Gasteiger partial charge in [0.2, 0.25) is 0 Å². The van der Waals surface area contributed by atoms with Crippen molar-refractivity contribution in [2.75, 3.05) is 13.1 Å². The van der Waals surface area contributed by atoms with Gasteiger partial charge in [0.05, 0.1) is 0 Å². The third-order valence-electron chi connectivity index (χ3n) is 2.56. The van der Waals surface area contributed by atoms with Crippen molar-refractivity contribution in [2.45, 2.75) is 26.0 Å². The van der Waals surface area contributed by atoms with Gasteiger partial charge in [-0.15, -0.1) is 11.8 Å². The number of benzene rings is 1. The van der Waals surface area contributed by atoms with E-state index in [0.29, 0.717) is 25.1 Å². The molecule has 0 heterocycles. The Balaban J connectivity index is 2.75. The summed E-state index contributed by atoms with van der Waals surface area (Å²) in [5.74, 6) is 5.87. The molecule has 0 aliphatic carbocycles. The first-order valence-electron chi connectivity index (χ1n) is 6.05. The van der Waals surface area contributed by atoms with E-state index in [-0.39, 0.29) is 11.8 Å². The van der Waals surface area contributed by atoms with E-state index in [4.69, 9.17) is 5.73 Å². The van der Waals surface area contributed by atoms with Crippen molar-refractivity contribution >= 4 is 0 Å². The van der Waals surface area contributed by atoms with E-state index in [1.165, 1.54) is 6.07 Å². The number of rotatable bonds is 7. The second-order valence-electron chi connectivity index (χ2n) is 3.84. The molecule has 0 bridgehead atoms. The Kier molecular flexibility index (Phi) is 6.86. The van der Waals surface area contributed by atoms with Crippen LogP contribution in [-0.4, -0.2) is 19.7 Å². The zero-order valence-electron chi connectivity index (χ0n) is 10.8. The minimum absolute atomic E-state index is 0.155. The number of para-hydroxylation sites is 1. The van der Waals surface area contributed by atoms with Crippen LogP contribution < -0.4 is 15.8 Å². The quantitative estimate of drug-likeness (QED) is 0.589. The Morgan fingerprint density at radius 2 is 2.11 bits per heavy atom. The Bertz CT molecular complexity index is 441. The van der Waals surface area contributed by atoms with Gasteiger partial charge in [0, 0.05) is 31.1 Å². The van der Waals surface area contributed by atoms with Crippen LogP contribution in [-0.2, 0) is 0 Å². The molecule has 3 N–H and O–H groups in total. The number of ether oxygens (including phenoxy) is 1. The highest BCUT2D eigenvalue weighted by atomic mass is 19.3. The number of hydrogen-bond donors (Lipinski definition) is 2. The fraction of sp³-hybridized carbons (Fsp3) is 0.429. The summed E-state index contributed by atoms with van der Waals surface area (Å²) >= 11 is 0. The van der Waals surface area contributed by atoms with Crippen LogP contribution in [0.4, 0.5) is 8.78 Å². The normalized spacial score (nSPS) is 11.8. The molecule has 1 rings (SSSR count). The lowest BCUT2D eigenvalue weighted by atomic mass is 10.1. The van der Waals surface area contributed by atoms with Crippen LogP contribution in [0.15, 0.2) is 24.3 Å². The van der Waals surface area contributed by atoms with Crippen LogP contribution in [0.2, 0.25) is 0 Å². The molecule has 1 aromatic rings. The summed E-state index contributed by atoms with van der Waals surface area (Å²) in [5.41, 5.74) is 6.31. The van der Waals surface area contributed by atoms with Gasteiger partial charge in [0.15, 0.2) is 0 Å². The van der Waals surface area contributed by atoms with E-state index in [0.717, 1.165) is 0 Å². The Labute approximate surface area is 112 Å². The lowest BCUT2D eigenvalue weighted by Gasteiger charge is -2.19. The summed E-state index contributed by atoms with van der Waals surface area (Å²) in [6.45, 7) is -0.133. The monoisotopic (exact) mass is 268 g/mol. The molecule has 0 aromatic heterocycles. The minimum atomic E-state index is -2.84. The van der Waals surface area contributed by atoms with Crippen molar-refractivity contribution in [3.8, 4) is 17.6 Å².